The van der Waals surface area contributed by atoms with Gasteiger partial charge >= 0.3 is 6.03 Å². The highest BCUT2D eigenvalue weighted by Gasteiger charge is 2.48. The van der Waals surface area contributed by atoms with E-state index >= 15 is 0 Å². The molecule has 46 heavy (non-hydrogen) atoms. The summed E-state index contributed by atoms with van der Waals surface area (Å²) in [6.07, 6.45) is 2.39. The molecule has 1 saturated heterocycles. The number of amides is 5. The average molecular weight is 662 g/mol. The number of hydrogen-bond donors (Lipinski definition) is 4. The second-order valence-electron chi connectivity index (χ2n) is 15.4. The molecule has 0 bridgehead atoms. The zero-order chi connectivity index (χ0) is 34.8. The van der Waals surface area contributed by atoms with E-state index in [1.54, 1.807) is 52.8 Å². The summed E-state index contributed by atoms with van der Waals surface area (Å²) in [5.41, 5.74) is 2.94. The Morgan fingerprint density at radius 2 is 1.59 bits per heavy atom. The number of urea groups is 1. The summed E-state index contributed by atoms with van der Waals surface area (Å²) in [7, 11) is -3.73. The van der Waals surface area contributed by atoms with Gasteiger partial charge in [0.25, 0.3) is 5.91 Å². The molecule has 1 aliphatic heterocycles. The highest BCUT2D eigenvalue weighted by Crippen LogP contribution is 2.40. The summed E-state index contributed by atoms with van der Waals surface area (Å²) >= 11 is 0. The van der Waals surface area contributed by atoms with Crippen molar-refractivity contribution in [3.63, 3.8) is 0 Å². The van der Waals surface area contributed by atoms with Crippen LogP contribution in [0.2, 0.25) is 0 Å². The van der Waals surface area contributed by atoms with Crippen molar-refractivity contribution in [1.29, 1.82) is 0 Å². The van der Waals surface area contributed by atoms with Gasteiger partial charge in [0.15, 0.2) is 9.84 Å². The number of nitrogens with one attached hydrogen (secondary N) is 3. The second-order valence-corrected chi connectivity index (χ2v) is 17.4. The van der Waals surface area contributed by atoms with Gasteiger partial charge in [-0.3, -0.25) is 19.2 Å². The van der Waals surface area contributed by atoms with Crippen LogP contribution < -0.4 is 21.7 Å². The topological polar surface area (TPSA) is 185 Å². The summed E-state index contributed by atoms with van der Waals surface area (Å²) in [5, 5.41) is 8.19. The molecule has 12 nitrogen and oxygen atoms in total. The van der Waals surface area contributed by atoms with Crippen molar-refractivity contribution in [2.45, 2.75) is 110 Å². The van der Waals surface area contributed by atoms with E-state index < -0.39 is 68.5 Å². The Balaban J connectivity index is 1.83. The molecule has 3 rings (SSSR count). The second kappa shape index (κ2) is 13.7. The zero-order valence-electron chi connectivity index (χ0n) is 28.3. The molecule has 0 spiro atoms. The smallest absolute Gasteiger partial charge is 0.315 e. The lowest BCUT2D eigenvalue weighted by Gasteiger charge is -2.48. The van der Waals surface area contributed by atoms with Gasteiger partial charge in [-0.2, -0.15) is 0 Å². The molecule has 5 amide bonds. The number of primary amides is 1. The molecule has 1 aliphatic carbocycles. The third kappa shape index (κ3) is 9.52. The van der Waals surface area contributed by atoms with Gasteiger partial charge in [0.05, 0.1) is 22.2 Å². The number of nitrogens with zero attached hydrogens (tertiary/aromatic N) is 1. The highest BCUT2D eigenvalue weighted by atomic mass is 32.2. The van der Waals surface area contributed by atoms with Crippen LogP contribution in [0, 0.1) is 22.7 Å². The van der Waals surface area contributed by atoms with Crippen LogP contribution in [0.25, 0.3) is 0 Å². The number of ketones is 1. The van der Waals surface area contributed by atoms with Crippen LogP contribution in [0.1, 0.15) is 81.1 Å². The molecule has 1 saturated carbocycles. The van der Waals surface area contributed by atoms with Gasteiger partial charge in [-0.25, -0.2) is 13.2 Å². The summed E-state index contributed by atoms with van der Waals surface area (Å²) in [4.78, 5) is 67.4. The maximum Gasteiger partial charge on any atom is 0.315 e. The Labute approximate surface area is 272 Å². The molecule has 5 N–H and O–H groups in total. The van der Waals surface area contributed by atoms with E-state index in [9.17, 15) is 32.4 Å². The Bertz CT molecular complexity index is 1430. The first kappa shape index (κ1) is 37.0. The molecule has 2 unspecified atom stereocenters. The van der Waals surface area contributed by atoms with Crippen LogP contribution in [0.4, 0.5) is 4.79 Å². The SMILES string of the molecule is CC1CN(C(=O)[C@@H](NC(=O)NC(C)(C)CS(=O)(=O)c2ccccc2)C(C)(C)C)[C@H](C(=O)NC(CC2CC2)C(=O)C(N)=O)CC1(C)C. The molecule has 1 aromatic carbocycles. The predicted octanol–water partition coefficient (Wildman–Crippen LogP) is 2.56. The first-order chi connectivity index (χ1) is 21.0. The van der Waals surface area contributed by atoms with Crippen LogP contribution in [-0.4, -0.2) is 78.8 Å². The molecule has 2 aliphatic rings. The first-order valence-electron chi connectivity index (χ1n) is 15.8. The van der Waals surface area contributed by atoms with Gasteiger partial charge in [-0.15, -0.1) is 0 Å². The lowest BCUT2D eigenvalue weighted by atomic mass is 9.71. The fourth-order valence-electron chi connectivity index (χ4n) is 5.83. The number of hydrogen-bond acceptors (Lipinski definition) is 7. The number of carbonyl (C=O) groups is 5. The van der Waals surface area contributed by atoms with E-state index in [4.69, 9.17) is 5.73 Å². The van der Waals surface area contributed by atoms with E-state index in [1.807, 2.05) is 20.8 Å². The normalized spacial score (nSPS) is 21.4. The fraction of sp³-hybridized carbons (Fsp3) is 0.667. The molecule has 256 valence electrons. The largest absolute Gasteiger partial charge is 0.363 e. The zero-order valence-corrected chi connectivity index (χ0v) is 29.1. The van der Waals surface area contributed by atoms with E-state index in [1.165, 1.54) is 17.0 Å². The van der Waals surface area contributed by atoms with Gasteiger partial charge in [0.2, 0.25) is 17.6 Å². The summed E-state index contributed by atoms with van der Waals surface area (Å²) < 4.78 is 26.0. The molecule has 1 aromatic rings. The van der Waals surface area contributed by atoms with Gasteiger partial charge < -0.3 is 26.6 Å². The molecule has 4 atom stereocenters. The molecule has 1 heterocycles. The average Bonchev–Trinajstić information content (AvgIpc) is 3.74. The third-order valence-corrected chi connectivity index (χ3v) is 11.2. The van der Waals surface area contributed by atoms with Crippen molar-refractivity contribution in [3.8, 4) is 0 Å². The maximum atomic E-state index is 14.3. The van der Waals surface area contributed by atoms with Crippen LogP contribution in [-0.2, 0) is 29.0 Å². The number of benzene rings is 1. The first-order valence-corrected chi connectivity index (χ1v) is 17.5. The van der Waals surface area contributed by atoms with E-state index in [0.717, 1.165) is 12.8 Å². The number of likely N-dealkylation sites (tertiary alicyclic amines) is 1. The fourth-order valence-corrected chi connectivity index (χ4v) is 7.59. The van der Waals surface area contributed by atoms with Crippen LogP contribution in [0.15, 0.2) is 35.2 Å². The van der Waals surface area contributed by atoms with Crippen molar-refractivity contribution < 1.29 is 32.4 Å². The Morgan fingerprint density at radius 1 is 1.00 bits per heavy atom. The Morgan fingerprint density at radius 3 is 2.11 bits per heavy atom. The minimum absolute atomic E-state index is 0.00779. The minimum atomic E-state index is -3.73. The quantitative estimate of drug-likeness (QED) is 0.248. The molecular formula is C33H51N5O7S. The van der Waals surface area contributed by atoms with Crippen molar-refractivity contribution >= 4 is 39.4 Å². The van der Waals surface area contributed by atoms with Crippen LogP contribution in [0.5, 0.6) is 0 Å². The van der Waals surface area contributed by atoms with Crippen LogP contribution >= 0.6 is 0 Å². The van der Waals surface area contributed by atoms with Gasteiger partial charge in [0, 0.05) is 6.54 Å². The number of sulfone groups is 1. The Kier molecular flexibility index (Phi) is 11.0. The molecule has 0 aromatic heterocycles. The number of Topliss-reactive ketones (excluding diaryl/α,β-unsaturated/α-hetero) is 1. The molecular weight excluding hydrogens is 610 g/mol. The lowest BCUT2D eigenvalue weighted by molar-refractivity contribution is -0.151. The number of rotatable bonds is 12. The lowest BCUT2D eigenvalue weighted by Crippen LogP contribution is -2.65. The van der Waals surface area contributed by atoms with E-state index in [0.29, 0.717) is 12.8 Å². The summed E-state index contributed by atoms with van der Waals surface area (Å²) in [6, 6.07) is 4.08. The van der Waals surface area contributed by atoms with Crippen molar-refractivity contribution in [2.75, 3.05) is 12.3 Å². The van der Waals surface area contributed by atoms with Crippen LogP contribution in [0.3, 0.4) is 0 Å². The maximum absolute atomic E-state index is 14.3. The standard InChI is InChI=1S/C33H51N5O7S/c1-20-18-38(24(17-32(20,5)6)28(41)35-23(16-21-14-15-21)25(39)27(34)40)29(42)26(31(2,3)4)36-30(43)37-33(7,8)19-46(44,45)22-12-10-9-11-13-22/h9-13,20-21,23-24,26H,14-19H2,1-8H3,(H2,34,40)(H,35,41)(H2,36,37,43)/t20?,23?,24-,26+/m0/s1. The van der Waals surface area contributed by atoms with E-state index in [2.05, 4.69) is 16.0 Å². The van der Waals surface area contributed by atoms with Crippen molar-refractivity contribution in [3.05, 3.63) is 30.3 Å². The minimum Gasteiger partial charge on any atom is -0.363 e. The summed E-state index contributed by atoms with van der Waals surface area (Å²) in [6.45, 7) is 14.7. The number of nitrogens with two attached hydrogens (primary N) is 1. The van der Waals surface area contributed by atoms with Crippen molar-refractivity contribution in [1.82, 2.24) is 20.9 Å². The monoisotopic (exact) mass is 661 g/mol. The van der Waals surface area contributed by atoms with Gasteiger partial charge in [-0.05, 0) is 61.5 Å². The molecule has 2 fully saturated rings. The Hall–Kier alpha value is -3.48. The predicted molar refractivity (Wildman–Crippen MR) is 174 cm³/mol. The molecule has 13 heteroatoms. The van der Waals surface area contributed by atoms with Gasteiger partial charge in [0.1, 0.15) is 12.1 Å². The number of piperidine rings is 1. The van der Waals surface area contributed by atoms with E-state index in [-0.39, 0.29) is 34.4 Å². The van der Waals surface area contributed by atoms with Gasteiger partial charge in [-0.1, -0.05) is 72.6 Å². The number of carbonyl (C=O) groups excluding carboxylic acids is 5. The summed E-state index contributed by atoms with van der Waals surface area (Å²) in [5.74, 6) is -3.21. The highest BCUT2D eigenvalue weighted by molar-refractivity contribution is 7.91. The third-order valence-electron chi connectivity index (χ3n) is 9.12. The molecule has 0 radical (unpaired) electrons. The van der Waals surface area contributed by atoms with Crippen molar-refractivity contribution in [2.24, 2.45) is 28.4 Å².